The summed E-state index contributed by atoms with van der Waals surface area (Å²) in [6.07, 6.45) is 2.26. The Balaban J connectivity index is 3.38. The van der Waals surface area contributed by atoms with Gasteiger partial charge in [0.15, 0.2) is 0 Å². The van der Waals surface area contributed by atoms with Crippen LogP contribution in [0.3, 0.4) is 0 Å². The molecule has 0 saturated heterocycles. The van der Waals surface area contributed by atoms with Gasteiger partial charge in [0.25, 0.3) is 5.56 Å². The van der Waals surface area contributed by atoms with Crippen molar-refractivity contribution in [2.24, 2.45) is 0 Å². The second kappa shape index (κ2) is 3.38. The first kappa shape index (κ1) is 8.77. The topological polar surface area (TPSA) is 54.9 Å². The molecule has 1 aromatic heterocycles. The lowest BCUT2D eigenvalue weighted by Gasteiger charge is -2.01. The average Bonchev–Trinajstić information content (AvgIpc) is 2.05. The molecule has 0 aliphatic rings. The lowest BCUT2D eigenvalue weighted by molar-refractivity contribution is 0.682. The fourth-order valence-electron chi connectivity index (χ4n) is 1.04. The minimum Gasteiger partial charge on any atom is -0.301 e. The summed E-state index contributed by atoms with van der Waals surface area (Å²) >= 11 is 0. The van der Waals surface area contributed by atoms with Gasteiger partial charge in [0.05, 0.1) is 0 Å². The van der Waals surface area contributed by atoms with Crippen LogP contribution < -0.4 is 11.2 Å². The molecule has 1 aromatic rings. The van der Waals surface area contributed by atoms with Gasteiger partial charge in [-0.2, -0.15) is 0 Å². The number of aromatic nitrogens is 2. The molecule has 0 aliphatic heterocycles. The van der Waals surface area contributed by atoms with Crippen molar-refractivity contribution in [3.05, 3.63) is 32.6 Å². The van der Waals surface area contributed by atoms with E-state index in [1.165, 1.54) is 4.57 Å². The highest BCUT2D eigenvalue weighted by atomic mass is 16.2. The van der Waals surface area contributed by atoms with Gasteiger partial charge in [0.1, 0.15) is 0 Å². The van der Waals surface area contributed by atoms with E-state index in [9.17, 15) is 9.59 Å². The standard InChI is InChI=1S/C8H12N2O2/c1-3-6-5-10(4-2)8(12)9-7(6)11/h5H,3-4H2,1-2H3,(H,9,11,12). The van der Waals surface area contributed by atoms with Crippen molar-refractivity contribution < 1.29 is 0 Å². The number of aromatic amines is 1. The summed E-state index contributed by atoms with van der Waals surface area (Å²) in [6, 6.07) is 0. The molecule has 1 heterocycles. The van der Waals surface area contributed by atoms with Crippen molar-refractivity contribution in [2.45, 2.75) is 26.8 Å². The number of nitrogens with one attached hydrogen (secondary N) is 1. The Bertz CT molecular complexity index is 342. The third-order valence-electron chi connectivity index (χ3n) is 1.81. The van der Waals surface area contributed by atoms with E-state index in [-0.39, 0.29) is 11.2 Å². The fraction of sp³-hybridized carbons (Fsp3) is 0.500. The summed E-state index contributed by atoms with van der Waals surface area (Å²) < 4.78 is 1.49. The average molecular weight is 168 g/mol. The molecule has 0 unspecified atom stereocenters. The summed E-state index contributed by atoms with van der Waals surface area (Å²) in [6.45, 7) is 4.33. The molecule has 1 rings (SSSR count). The van der Waals surface area contributed by atoms with Crippen molar-refractivity contribution in [3.63, 3.8) is 0 Å². The molecule has 0 atom stereocenters. The van der Waals surface area contributed by atoms with E-state index in [1.807, 2.05) is 13.8 Å². The number of aryl methyl sites for hydroxylation is 2. The van der Waals surface area contributed by atoms with Crippen molar-refractivity contribution in [1.29, 1.82) is 0 Å². The molecule has 1 N–H and O–H groups in total. The van der Waals surface area contributed by atoms with Crippen LogP contribution in [0.1, 0.15) is 19.4 Å². The first-order chi connectivity index (χ1) is 5.69. The highest BCUT2D eigenvalue weighted by Gasteiger charge is 1.99. The summed E-state index contributed by atoms with van der Waals surface area (Å²) in [7, 11) is 0. The molecule has 0 aromatic carbocycles. The van der Waals surface area contributed by atoms with Gasteiger partial charge < -0.3 is 4.57 Å². The normalized spacial score (nSPS) is 10.2. The second-order valence-corrected chi connectivity index (χ2v) is 2.55. The van der Waals surface area contributed by atoms with Gasteiger partial charge in [-0.3, -0.25) is 9.78 Å². The lowest BCUT2D eigenvalue weighted by Crippen LogP contribution is -2.31. The van der Waals surface area contributed by atoms with E-state index < -0.39 is 0 Å². The number of rotatable bonds is 2. The Morgan fingerprint density at radius 1 is 1.42 bits per heavy atom. The van der Waals surface area contributed by atoms with Gasteiger partial charge in [-0.05, 0) is 13.3 Å². The van der Waals surface area contributed by atoms with Crippen molar-refractivity contribution in [3.8, 4) is 0 Å². The van der Waals surface area contributed by atoms with Crippen LogP contribution >= 0.6 is 0 Å². The lowest BCUT2D eigenvalue weighted by atomic mass is 10.3. The highest BCUT2D eigenvalue weighted by Crippen LogP contribution is 1.87. The molecule has 0 saturated carbocycles. The first-order valence-electron chi connectivity index (χ1n) is 4.01. The second-order valence-electron chi connectivity index (χ2n) is 2.55. The molecular formula is C8H12N2O2. The van der Waals surface area contributed by atoms with E-state index in [4.69, 9.17) is 0 Å². The van der Waals surface area contributed by atoms with Crippen LogP contribution in [0, 0.1) is 0 Å². The van der Waals surface area contributed by atoms with Gasteiger partial charge in [-0.25, -0.2) is 4.79 Å². The maximum atomic E-state index is 11.1. The van der Waals surface area contributed by atoms with Gasteiger partial charge in [-0.15, -0.1) is 0 Å². The summed E-state index contributed by atoms with van der Waals surface area (Å²) in [5, 5.41) is 0. The third-order valence-corrected chi connectivity index (χ3v) is 1.81. The van der Waals surface area contributed by atoms with Crippen LogP contribution in [0.2, 0.25) is 0 Å². The Morgan fingerprint density at radius 2 is 2.08 bits per heavy atom. The zero-order valence-electron chi connectivity index (χ0n) is 7.26. The first-order valence-corrected chi connectivity index (χ1v) is 4.01. The van der Waals surface area contributed by atoms with Crippen molar-refractivity contribution >= 4 is 0 Å². The van der Waals surface area contributed by atoms with Gasteiger partial charge >= 0.3 is 5.69 Å². The number of hydrogen-bond acceptors (Lipinski definition) is 2. The molecule has 4 heteroatoms. The van der Waals surface area contributed by atoms with Crippen molar-refractivity contribution in [1.82, 2.24) is 9.55 Å². The Morgan fingerprint density at radius 3 is 2.58 bits per heavy atom. The Hall–Kier alpha value is -1.32. The monoisotopic (exact) mass is 168 g/mol. The molecular weight excluding hydrogens is 156 g/mol. The van der Waals surface area contributed by atoms with E-state index in [1.54, 1.807) is 6.20 Å². The van der Waals surface area contributed by atoms with E-state index >= 15 is 0 Å². The molecule has 0 fully saturated rings. The van der Waals surface area contributed by atoms with Crippen LogP contribution in [0.4, 0.5) is 0 Å². The van der Waals surface area contributed by atoms with Gasteiger partial charge in [0, 0.05) is 18.3 Å². The van der Waals surface area contributed by atoms with Crippen LogP contribution in [0.5, 0.6) is 0 Å². The van der Waals surface area contributed by atoms with Crippen LogP contribution in [-0.4, -0.2) is 9.55 Å². The Kier molecular flexibility index (Phi) is 2.47. The number of hydrogen-bond donors (Lipinski definition) is 1. The SMILES string of the molecule is CCc1cn(CC)c(=O)[nH]c1=O. The number of H-pyrrole nitrogens is 1. The molecule has 0 spiro atoms. The molecule has 0 bridgehead atoms. The number of nitrogens with zero attached hydrogens (tertiary/aromatic N) is 1. The quantitative estimate of drug-likeness (QED) is 0.681. The van der Waals surface area contributed by atoms with E-state index in [2.05, 4.69) is 4.98 Å². The van der Waals surface area contributed by atoms with Crippen molar-refractivity contribution in [2.75, 3.05) is 0 Å². The molecule has 0 aliphatic carbocycles. The molecule has 0 amide bonds. The van der Waals surface area contributed by atoms with Crippen LogP contribution in [0.15, 0.2) is 15.8 Å². The maximum Gasteiger partial charge on any atom is 0.328 e. The summed E-state index contributed by atoms with van der Waals surface area (Å²) in [5.41, 5.74) is 0.0448. The smallest absolute Gasteiger partial charge is 0.301 e. The zero-order valence-corrected chi connectivity index (χ0v) is 7.26. The third kappa shape index (κ3) is 1.47. The largest absolute Gasteiger partial charge is 0.328 e. The van der Waals surface area contributed by atoms with Gasteiger partial charge in [-0.1, -0.05) is 6.92 Å². The van der Waals surface area contributed by atoms with E-state index in [0.717, 1.165) is 0 Å². The minimum absolute atomic E-state index is 0.271. The van der Waals surface area contributed by atoms with Gasteiger partial charge in [0.2, 0.25) is 0 Å². The summed E-state index contributed by atoms with van der Waals surface area (Å²) in [4.78, 5) is 24.4. The summed E-state index contributed by atoms with van der Waals surface area (Å²) in [5.74, 6) is 0. The van der Waals surface area contributed by atoms with Crippen LogP contribution in [-0.2, 0) is 13.0 Å². The maximum absolute atomic E-state index is 11.1. The molecule has 12 heavy (non-hydrogen) atoms. The van der Waals surface area contributed by atoms with E-state index in [0.29, 0.717) is 18.5 Å². The highest BCUT2D eigenvalue weighted by molar-refractivity contribution is 5.03. The molecule has 0 radical (unpaired) electrons. The molecule has 66 valence electrons. The molecule has 4 nitrogen and oxygen atoms in total. The van der Waals surface area contributed by atoms with Crippen LogP contribution in [0.25, 0.3) is 0 Å². The predicted octanol–water partition coefficient (Wildman–Crippen LogP) is 0.119. The predicted molar refractivity (Wildman–Crippen MR) is 46.4 cm³/mol. The zero-order chi connectivity index (χ0) is 9.14. The minimum atomic E-state index is -0.334. The Labute approximate surface area is 69.9 Å². The fourth-order valence-corrected chi connectivity index (χ4v) is 1.04.